The Hall–Kier alpha value is -2.86. The molecule has 25 heavy (non-hydrogen) atoms. The highest BCUT2D eigenvalue weighted by Crippen LogP contribution is 2.18. The van der Waals surface area contributed by atoms with Gasteiger partial charge in [0.1, 0.15) is 6.54 Å². The summed E-state index contributed by atoms with van der Waals surface area (Å²) in [4.78, 5) is 23.9. The Bertz CT molecular complexity index is 921. The smallest absolute Gasteiger partial charge is 0.251 e. The number of aromatic nitrogens is 1. The number of halogens is 1. The van der Waals surface area contributed by atoms with Crippen LogP contribution in [-0.4, -0.2) is 10.5 Å². The molecule has 0 radical (unpaired) electrons. The van der Waals surface area contributed by atoms with Gasteiger partial charge in [-0.25, -0.2) is 0 Å². The maximum Gasteiger partial charge on any atom is 0.251 e. The Morgan fingerprint density at radius 3 is 2.24 bits per heavy atom. The minimum atomic E-state index is -0.260. The van der Waals surface area contributed by atoms with E-state index >= 15 is 0 Å². The molecular formula is C19H16BrN3O2. The third kappa shape index (κ3) is 4.81. The molecule has 1 heterocycles. The van der Waals surface area contributed by atoms with Crippen LogP contribution >= 0.6 is 15.9 Å². The van der Waals surface area contributed by atoms with Gasteiger partial charge in [-0.2, -0.15) is 0 Å². The van der Waals surface area contributed by atoms with Crippen molar-refractivity contribution in [3.05, 3.63) is 87.8 Å². The number of carbonyl (C=O) groups excluding carboxylic acids is 1. The lowest BCUT2D eigenvalue weighted by molar-refractivity contribution is -0.116. The number of carbonyl (C=O) groups is 1. The van der Waals surface area contributed by atoms with Crippen LogP contribution in [0.2, 0.25) is 0 Å². The second-order valence-corrected chi connectivity index (χ2v) is 6.35. The van der Waals surface area contributed by atoms with Gasteiger partial charge in [-0.05, 0) is 58.4 Å². The maximum absolute atomic E-state index is 12.1. The van der Waals surface area contributed by atoms with E-state index in [2.05, 4.69) is 26.6 Å². The molecule has 0 unspecified atom stereocenters. The van der Waals surface area contributed by atoms with Crippen molar-refractivity contribution in [3.8, 4) is 0 Å². The fourth-order valence-electron chi connectivity index (χ4n) is 2.31. The molecule has 0 aliphatic carbocycles. The standard InChI is InChI=1S/C19H16BrN3O2/c20-14-6-11-19(25)23(12-14)13-18(24)22-17-9-7-16(8-10-17)21-15-4-2-1-3-5-15/h1-12,21H,13H2,(H,22,24). The van der Waals surface area contributed by atoms with Gasteiger partial charge in [-0.3, -0.25) is 9.59 Å². The number of hydrogen-bond donors (Lipinski definition) is 2. The molecule has 1 aromatic heterocycles. The molecular weight excluding hydrogens is 382 g/mol. The Morgan fingerprint density at radius 1 is 0.880 bits per heavy atom. The van der Waals surface area contributed by atoms with Gasteiger partial charge in [-0.15, -0.1) is 0 Å². The summed E-state index contributed by atoms with van der Waals surface area (Å²) in [7, 11) is 0. The number of benzene rings is 2. The normalized spacial score (nSPS) is 10.3. The highest BCUT2D eigenvalue weighted by Gasteiger charge is 2.06. The van der Waals surface area contributed by atoms with Crippen molar-refractivity contribution in [1.82, 2.24) is 4.57 Å². The highest BCUT2D eigenvalue weighted by atomic mass is 79.9. The molecule has 3 aromatic rings. The molecule has 6 heteroatoms. The van der Waals surface area contributed by atoms with Crippen molar-refractivity contribution in [2.75, 3.05) is 10.6 Å². The van der Waals surface area contributed by atoms with Gasteiger partial charge in [0.15, 0.2) is 0 Å². The lowest BCUT2D eigenvalue weighted by Gasteiger charge is -2.10. The van der Waals surface area contributed by atoms with Crippen LogP contribution in [0.5, 0.6) is 0 Å². The molecule has 0 spiro atoms. The molecule has 0 aliphatic heterocycles. The topological polar surface area (TPSA) is 63.1 Å². The van der Waals surface area contributed by atoms with Gasteiger partial charge in [0.25, 0.3) is 5.56 Å². The number of anilines is 3. The largest absolute Gasteiger partial charge is 0.356 e. The first-order chi connectivity index (χ1) is 12.1. The second-order valence-electron chi connectivity index (χ2n) is 5.43. The summed E-state index contributed by atoms with van der Waals surface area (Å²) in [6.07, 6.45) is 1.59. The Kier molecular flexibility index (Phi) is 5.30. The molecule has 126 valence electrons. The fourth-order valence-corrected chi connectivity index (χ4v) is 2.69. The maximum atomic E-state index is 12.1. The summed E-state index contributed by atoms with van der Waals surface area (Å²) >= 11 is 3.29. The minimum Gasteiger partial charge on any atom is -0.356 e. The molecule has 1 amide bonds. The van der Waals surface area contributed by atoms with E-state index in [0.29, 0.717) is 5.69 Å². The minimum absolute atomic E-state index is 0.0394. The Balaban J connectivity index is 1.62. The van der Waals surface area contributed by atoms with Crippen molar-refractivity contribution in [3.63, 3.8) is 0 Å². The number of nitrogens with zero attached hydrogens (tertiary/aromatic N) is 1. The molecule has 2 N–H and O–H groups in total. The van der Waals surface area contributed by atoms with E-state index in [1.54, 1.807) is 12.3 Å². The van der Waals surface area contributed by atoms with Crippen LogP contribution in [0, 0.1) is 0 Å². The average molecular weight is 398 g/mol. The van der Waals surface area contributed by atoms with Crippen molar-refractivity contribution < 1.29 is 4.79 Å². The molecule has 2 aromatic carbocycles. The van der Waals surface area contributed by atoms with E-state index in [1.807, 2.05) is 54.6 Å². The van der Waals surface area contributed by atoms with E-state index in [9.17, 15) is 9.59 Å². The molecule has 0 aliphatic rings. The van der Waals surface area contributed by atoms with Gasteiger partial charge >= 0.3 is 0 Å². The van der Waals surface area contributed by atoms with E-state index in [1.165, 1.54) is 10.6 Å². The SMILES string of the molecule is O=C(Cn1cc(Br)ccc1=O)Nc1ccc(Nc2ccccc2)cc1. The summed E-state index contributed by atoms with van der Waals surface area (Å²) in [5.74, 6) is -0.260. The van der Waals surface area contributed by atoms with Crippen LogP contribution in [0.25, 0.3) is 0 Å². The summed E-state index contributed by atoms with van der Waals surface area (Å²) in [6.45, 7) is -0.0394. The number of amides is 1. The van der Waals surface area contributed by atoms with Crippen LogP contribution in [0.1, 0.15) is 0 Å². The van der Waals surface area contributed by atoms with Gasteiger partial charge in [0, 0.05) is 33.8 Å². The zero-order chi connectivity index (χ0) is 17.6. The lowest BCUT2D eigenvalue weighted by atomic mass is 10.2. The quantitative estimate of drug-likeness (QED) is 0.683. The van der Waals surface area contributed by atoms with Crippen LogP contribution < -0.4 is 16.2 Å². The van der Waals surface area contributed by atoms with Crippen molar-refractivity contribution >= 4 is 38.9 Å². The molecule has 0 atom stereocenters. The van der Waals surface area contributed by atoms with Gasteiger partial charge in [-0.1, -0.05) is 18.2 Å². The molecule has 0 bridgehead atoms. The summed E-state index contributed by atoms with van der Waals surface area (Å²) in [5.41, 5.74) is 2.37. The number of hydrogen-bond acceptors (Lipinski definition) is 3. The van der Waals surface area contributed by atoms with Crippen molar-refractivity contribution in [1.29, 1.82) is 0 Å². The molecule has 0 fully saturated rings. The second kappa shape index (κ2) is 7.81. The Labute approximate surface area is 153 Å². The number of para-hydroxylation sites is 1. The predicted octanol–water partition coefficient (Wildman–Crippen LogP) is 3.99. The average Bonchev–Trinajstić information content (AvgIpc) is 2.61. The fraction of sp³-hybridized carbons (Fsp3) is 0.0526. The van der Waals surface area contributed by atoms with Gasteiger partial charge in [0.2, 0.25) is 5.91 Å². The van der Waals surface area contributed by atoms with E-state index in [4.69, 9.17) is 0 Å². The summed E-state index contributed by atoms with van der Waals surface area (Å²) < 4.78 is 2.10. The summed E-state index contributed by atoms with van der Waals surface area (Å²) in [5, 5.41) is 6.06. The molecule has 0 saturated heterocycles. The summed E-state index contributed by atoms with van der Waals surface area (Å²) in [6, 6.07) is 20.3. The first kappa shape index (κ1) is 17.0. The predicted molar refractivity (Wildman–Crippen MR) is 103 cm³/mol. The molecule has 3 rings (SSSR count). The highest BCUT2D eigenvalue weighted by molar-refractivity contribution is 9.10. The van der Waals surface area contributed by atoms with E-state index < -0.39 is 0 Å². The number of pyridine rings is 1. The zero-order valence-corrected chi connectivity index (χ0v) is 14.9. The zero-order valence-electron chi connectivity index (χ0n) is 13.3. The van der Waals surface area contributed by atoms with Gasteiger partial charge < -0.3 is 15.2 Å². The first-order valence-electron chi connectivity index (χ1n) is 7.68. The third-order valence-corrected chi connectivity index (χ3v) is 3.96. The first-order valence-corrected chi connectivity index (χ1v) is 8.47. The van der Waals surface area contributed by atoms with E-state index in [0.717, 1.165) is 15.8 Å². The van der Waals surface area contributed by atoms with Crippen LogP contribution in [0.3, 0.4) is 0 Å². The van der Waals surface area contributed by atoms with Gasteiger partial charge in [0.05, 0.1) is 0 Å². The monoisotopic (exact) mass is 397 g/mol. The van der Waals surface area contributed by atoms with Crippen molar-refractivity contribution in [2.45, 2.75) is 6.54 Å². The van der Waals surface area contributed by atoms with E-state index in [-0.39, 0.29) is 18.0 Å². The van der Waals surface area contributed by atoms with Crippen molar-refractivity contribution in [2.24, 2.45) is 0 Å². The lowest BCUT2D eigenvalue weighted by Crippen LogP contribution is -2.26. The number of nitrogens with one attached hydrogen (secondary N) is 2. The van der Waals surface area contributed by atoms with Crippen LogP contribution in [0.4, 0.5) is 17.1 Å². The number of rotatable bonds is 5. The molecule has 5 nitrogen and oxygen atoms in total. The molecule has 0 saturated carbocycles. The van der Waals surface area contributed by atoms with Crippen LogP contribution in [0.15, 0.2) is 82.2 Å². The third-order valence-electron chi connectivity index (χ3n) is 3.49. The Morgan fingerprint density at radius 2 is 1.52 bits per heavy atom. The van der Waals surface area contributed by atoms with Crippen LogP contribution in [-0.2, 0) is 11.3 Å².